The molecule has 1 heterocycles. The molecule has 2 N–H and O–H groups in total. The van der Waals surface area contributed by atoms with Gasteiger partial charge in [0.25, 0.3) is 0 Å². The normalized spacial score (nSPS) is 30.2. The average molecular weight is 242 g/mol. The molecule has 1 fully saturated rings. The molecule has 3 unspecified atom stereocenters. The first-order valence-corrected chi connectivity index (χ1v) is 7.12. The Morgan fingerprint density at radius 1 is 1.41 bits per heavy atom. The number of hydrogen-bond acceptors (Lipinski definition) is 3. The fourth-order valence-electron chi connectivity index (χ4n) is 2.68. The van der Waals surface area contributed by atoms with Crippen LogP contribution in [0.3, 0.4) is 0 Å². The number of aliphatic hydroxyl groups excluding tert-OH is 1. The number of nitrogens with one attached hydrogen (secondary N) is 1. The molecule has 17 heavy (non-hydrogen) atoms. The summed E-state index contributed by atoms with van der Waals surface area (Å²) in [5, 5.41) is 13.1. The fourth-order valence-corrected chi connectivity index (χ4v) is 2.68. The molecule has 0 radical (unpaired) electrons. The van der Waals surface area contributed by atoms with Gasteiger partial charge in [-0.1, -0.05) is 13.8 Å². The van der Waals surface area contributed by atoms with E-state index < -0.39 is 0 Å². The van der Waals surface area contributed by atoms with Crippen LogP contribution in [0.25, 0.3) is 0 Å². The van der Waals surface area contributed by atoms with Crippen molar-refractivity contribution >= 4 is 0 Å². The van der Waals surface area contributed by atoms with Gasteiger partial charge in [-0.2, -0.15) is 0 Å². The predicted octanol–water partition coefficient (Wildman–Crippen LogP) is 1.86. The summed E-state index contributed by atoms with van der Waals surface area (Å²) in [6, 6.07) is 0.637. The van der Waals surface area contributed by atoms with Crippen LogP contribution >= 0.6 is 0 Å². The van der Waals surface area contributed by atoms with Crippen molar-refractivity contribution in [1.82, 2.24) is 10.2 Å². The molecular weight excluding hydrogens is 212 g/mol. The van der Waals surface area contributed by atoms with Gasteiger partial charge in [-0.3, -0.25) is 4.90 Å². The SMILES string of the molecule is CCCNC(C)(CO)CN1CCCC(C)C1C. The van der Waals surface area contributed by atoms with E-state index >= 15 is 0 Å². The molecule has 0 bridgehead atoms. The lowest BCUT2D eigenvalue weighted by molar-refractivity contribution is 0.0576. The van der Waals surface area contributed by atoms with E-state index in [4.69, 9.17) is 0 Å². The molecule has 0 aromatic carbocycles. The molecule has 3 heteroatoms. The monoisotopic (exact) mass is 242 g/mol. The first-order chi connectivity index (χ1) is 8.02. The van der Waals surface area contributed by atoms with Crippen molar-refractivity contribution in [2.75, 3.05) is 26.2 Å². The minimum absolute atomic E-state index is 0.151. The zero-order valence-electron chi connectivity index (χ0n) is 12.0. The average Bonchev–Trinajstić information content (AvgIpc) is 2.33. The summed E-state index contributed by atoms with van der Waals surface area (Å²) in [4.78, 5) is 2.53. The molecule has 0 spiro atoms. The smallest absolute Gasteiger partial charge is 0.0623 e. The molecule has 0 aliphatic carbocycles. The second-order valence-electron chi connectivity index (χ2n) is 5.98. The van der Waals surface area contributed by atoms with Crippen molar-refractivity contribution in [1.29, 1.82) is 0 Å². The maximum atomic E-state index is 9.61. The first-order valence-electron chi connectivity index (χ1n) is 7.12. The van der Waals surface area contributed by atoms with Crippen LogP contribution < -0.4 is 5.32 Å². The van der Waals surface area contributed by atoms with Gasteiger partial charge in [-0.05, 0) is 52.1 Å². The van der Waals surface area contributed by atoms with Gasteiger partial charge < -0.3 is 10.4 Å². The molecule has 0 aromatic rings. The van der Waals surface area contributed by atoms with Crippen LogP contribution in [0.1, 0.15) is 47.0 Å². The van der Waals surface area contributed by atoms with Crippen LogP contribution in [0, 0.1) is 5.92 Å². The van der Waals surface area contributed by atoms with Gasteiger partial charge in [0.05, 0.1) is 12.1 Å². The number of hydrogen-bond donors (Lipinski definition) is 2. The van der Waals surface area contributed by atoms with Crippen LogP contribution in [0.15, 0.2) is 0 Å². The predicted molar refractivity (Wildman–Crippen MR) is 73.2 cm³/mol. The van der Waals surface area contributed by atoms with Crippen LogP contribution in [-0.4, -0.2) is 47.8 Å². The number of piperidine rings is 1. The quantitative estimate of drug-likeness (QED) is 0.746. The Balaban J connectivity index is 2.54. The van der Waals surface area contributed by atoms with Gasteiger partial charge in [0, 0.05) is 12.6 Å². The third-order valence-electron chi connectivity index (χ3n) is 4.21. The Morgan fingerprint density at radius 3 is 2.71 bits per heavy atom. The number of likely N-dealkylation sites (tertiary alicyclic amines) is 1. The summed E-state index contributed by atoms with van der Waals surface area (Å²) < 4.78 is 0. The van der Waals surface area contributed by atoms with Gasteiger partial charge in [0.1, 0.15) is 0 Å². The molecule has 1 rings (SSSR count). The summed E-state index contributed by atoms with van der Waals surface area (Å²) in [7, 11) is 0. The molecule has 0 saturated carbocycles. The summed E-state index contributed by atoms with van der Waals surface area (Å²) in [6.07, 6.45) is 3.75. The lowest BCUT2D eigenvalue weighted by atomic mass is 9.90. The second-order valence-corrected chi connectivity index (χ2v) is 5.98. The number of nitrogens with zero attached hydrogens (tertiary/aromatic N) is 1. The topological polar surface area (TPSA) is 35.5 Å². The highest BCUT2D eigenvalue weighted by Crippen LogP contribution is 2.24. The number of rotatable bonds is 6. The Kier molecular flexibility index (Phi) is 5.90. The molecule has 102 valence electrons. The van der Waals surface area contributed by atoms with E-state index in [0.29, 0.717) is 6.04 Å². The summed E-state index contributed by atoms with van der Waals surface area (Å²) in [5.74, 6) is 0.776. The minimum atomic E-state index is -0.151. The van der Waals surface area contributed by atoms with Crippen LogP contribution in [0.5, 0.6) is 0 Å². The lowest BCUT2D eigenvalue weighted by Gasteiger charge is -2.43. The van der Waals surface area contributed by atoms with Crippen LogP contribution in [0.4, 0.5) is 0 Å². The van der Waals surface area contributed by atoms with Crippen molar-refractivity contribution in [2.45, 2.75) is 58.5 Å². The van der Waals surface area contributed by atoms with Crippen LogP contribution in [0.2, 0.25) is 0 Å². The number of aliphatic hydroxyl groups is 1. The highest BCUT2D eigenvalue weighted by atomic mass is 16.3. The largest absolute Gasteiger partial charge is 0.394 e. The minimum Gasteiger partial charge on any atom is -0.394 e. The fraction of sp³-hybridized carbons (Fsp3) is 1.00. The maximum Gasteiger partial charge on any atom is 0.0623 e. The van der Waals surface area contributed by atoms with Gasteiger partial charge in [0.15, 0.2) is 0 Å². The maximum absolute atomic E-state index is 9.61. The summed E-state index contributed by atoms with van der Waals surface area (Å²) >= 11 is 0. The molecule has 1 aliphatic rings. The van der Waals surface area contributed by atoms with E-state index in [1.165, 1.54) is 19.4 Å². The molecule has 1 aliphatic heterocycles. The van der Waals surface area contributed by atoms with E-state index in [2.05, 4.69) is 37.9 Å². The zero-order chi connectivity index (χ0) is 12.9. The highest BCUT2D eigenvalue weighted by molar-refractivity contribution is 4.90. The van der Waals surface area contributed by atoms with Gasteiger partial charge in [-0.15, -0.1) is 0 Å². The third kappa shape index (κ3) is 4.23. The summed E-state index contributed by atoms with van der Waals surface area (Å²) in [6.45, 7) is 12.3. The molecule has 0 aromatic heterocycles. The molecule has 0 amide bonds. The highest BCUT2D eigenvalue weighted by Gasteiger charge is 2.31. The van der Waals surface area contributed by atoms with E-state index in [1.807, 2.05) is 0 Å². The van der Waals surface area contributed by atoms with Crippen LogP contribution in [-0.2, 0) is 0 Å². The van der Waals surface area contributed by atoms with E-state index in [1.54, 1.807) is 0 Å². The summed E-state index contributed by atoms with van der Waals surface area (Å²) in [5.41, 5.74) is -0.151. The van der Waals surface area contributed by atoms with Gasteiger partial charge in [0.2, 0.25) is 0 Å². The third-order valence-corrected chi connectivity index (χ3v) is 4.21. The Morgan fingerprint density at radius 2 is 2.12 bits per heavy atom. The Labute approximate surface area is 107 Å². The van der Waals surface area contributed by atoms with E-state index in [9.17, 15) is 5.11 Å². The Bertz CT molecular complexity index is 222. The van der Waals surface area contributed by atoms with E-state index in [-0.39, 0.29) is 12.1 Å². The second kappa shape index (κ2) is 6.72. The van der Waals surface area contributed by atoms with Crippen molar-refractivity contribution in [3.05, 3.63) is 0 Å². The van der Waals surface area contributed by atoms with Crippen molar-refractivity contribution in [3.63, 3.8) is 0 Å². The zero-order valence-corrected chi connectivity index (χ0v) is 12.0. The van der Waals surface area contributed by atoms with Crippen molar-refractivity contribution < 1.29 is 5.11 Å². The van der Waals surface area contributed by atoms with Gasteiger partial charge in [-0.25, -0.2) is 0 Å². The molecule has 3 atom stereocenters. The molecular formula is C14H30N2O. The van der Waals surface area contributed by atoms with Crippen molar-refractivity contribution in [2.24, 2.45) is 5.92 Å². The Hall–Kier alpha value is -0.120. The molecule has 3 nitrogen and oxygen atoms in total. The first kappa shape index (κ1) is 14.9. The van der Waals surface area contributed by atoms with Gasteiger partial charge >= 0.3 is 0 Å². The van der Waals surface area contributed by atoms with E-state index in [0.717, 1.165) is 25.4 Å². The standard InChI is InChI=1S/C14H30N2O/c1-5-8-15-14(4,11-17)10-16-9-6-7-12(2)13(16)3/h12-13,15,17H,5-11H2,1-4H3. The van der Waals surface area contributed by atoms with Crippen molar-refractivity contribution in [3.8, 4) is 0 Å². The molecule has 1 saturated heterocycles. The lowest BCUT2D eigenvalue weighted by Crippen LogP contribution is -2.57.